The highest BCUT2D eigenvalue weighted by atomic mass is 32.2. The number of piperidine rings is 1. The van der Waals surface area contributed by atoms with Gasteiger partial charge in [0.2, 0.25) is 0 Å². The van der Waals surface area contributed by atoms with Gasteiger partial charge in [0.25, 0.3) is 5.91 Å². The molecule has 6 nitrogen and oxygen atoms in total. The number of ether oxygens (including phenoxy) is 1. The van der Waals surface area contributed by atoms with Crippen molar-refractivity contribution >= 4 is 15.7 Å². The minimum absolute atomic E-state index is 0.0210. The minimum atomic E-state index is -3.27. The summed E-state index contributed by atoms with van der Waals surface area (Å²) in [5.41, 5.74) is 0.138. The Bertz CT molecular complexity index is 671. The lowest BCUT2D eigenvalue weighted by Gasteiger charge is -2.41. The van der Waals surface area contributed by atoms with Gasteiger partial charge < -0.3 is 14.7 Å². The van der Waals surface area contributed by atoms with E-state index in [1.165, 1.54) is 12.1 Å². The maximum Gasteiger partial charge on any atom is 0.253 e. The Morgan fingerprint density at radius 1 is 1.33 bits per heavy atom. The van der Waals surface area contributed by atoms with Crippen molar-refractivity contribution in [3.63, 3.8) is 0 Å². The fourth-order valence-corrected chi connectivity index (χ4v) is 3.77. The van der Waals surface area contributed by atoms with Crippen LogP contribution in [-0.2, 0) is 14.6 Å². The van der Waals surface area contributed by atoms with E-state index in [0.29, 0.717) is 31.7 Å². The van der Waals surface area contributed by atoms with Crippen LogP contribution in [0.2, 0.25) is 0 Å². The van der Waals surface area contributed by atoms with Gasteiger partial charge in [-0.05, 0) is 43.5 Å². The Morgan fingerprint density at radius 2 is 2.00 bits per heavy atom. The summed E-state index contributed by atoms with van der Waals surface area (Å²) in [6.07, 6.45) is 3.54. The Morgan fingerprint density at radius 3 is 2.54 bits per heavy atom. The zero-order valence-electron chi connectivity index (χ0n) is 14.2. The van der Waals surface area contributed by atoms with Crippen molar-refractivity contribution < 1.29 is 23.1 Å². The van der Waals surface area contributed by atoms with Crippen LogP contribution < -0.4 is 0 Å². The zero-order valence-corrected chi connectivity index (χ0v) is 15.0. The first-order chi connectivity index (χ1) is 11.3. The van der Waals surface area contributed by atoms with Crippen molar-refractivity contribution in [2.24, 2.45) is 5.41 Å². The summed E-state index contributed by atoms with van der Waals surface area (Å²) in [4.78, 5) is 14.6. The molecule has 1 aliphatic heterocycles. The van der Waals surface area contributed by atoms with Gasteiger partial charge in [-0.3, -0.25) is 4.79 Å². The third-order valence-electron chi connectivity index (χ3n) is 4.65. The maximum atomic E-state index is 12.7. The van der Waals surface area contributed by atoms with E-state index in [1.807, 2.05) is 0 Å². The molecule has 1 N–H and O–H groups in total. The molecule has 0 bridgehead atoms. The van der Waals surface area contributed by atoms with E-state index >= 15 is 0 Å². The van der Waals surface area contributed by atoms with E-state index in [-0.39, 0.29) is 22.8 Å². The fraction of sp³-hybridized carbons (Fsp3) is 0.588. The third kappa shape index (κ3) is 4.34. The second-order valence-electron chi connectivity index (χ2n) is 6.53. The number of amides is 1. The monoisotopic (exact) mass is 355 g/mol. The number of benzene rings is 1. The van der Waals surface area contributed by atoms with Gasteiger partial charge in [0.1, 0.15) is 0 Å². The molecule has 1 aromatic carbocycles. The van der Waals surface area contributed by atoms with E-state index in [0.717, 1.165) is 19.1 Å². The first kappa shape index (κ1) is 18.9. The number of hydrogen-bond donors (Lipinski definition) is 1. The molecule has 0 saturated carbocycles. The molecule has 7 heteroatoms. The molecule has 0 aliphatic carbocycles. The Kier molecular flexibility index (Phi) is 6.01. The van der Waals surface area contributed by atoms with Crippen molar-refractivity contribution in [2.45, 2.75) is 24.2 Å². The van der Waals surface area contributed by atoms with Crippen LogP contribution in [0.15, 0.2) is 29.2 Å². The van der Waals surface area contributed by atoms with Gasteiger partial charge in [-0.25, -0.2) is 8.42 Å². The molecule has 0 aromatic heterocycles. The van der Waals surface area contributed by atoms with E-state index in [1.54, 1.807) is 24.1 Å². The number of sulfone groups is 1. The molecule has 24 heavy (non-hydrogen) atoms. The predicted octanol–water partition coefficient (Wildman–Crippen LogP) is 1.34. The molecule has 0 radical (unpaired) electrons. The van der Waals surface area contributed by atoms with Crippen LogP contribution in [0.3, 0.4) is 0 Å². The molecule has 1 aromatic rings. The molecule has 1 amide bonds. The number of nitrogens with zero attached hydrogens (tertiary/aromatic N) is 1. The molecule has 134 valence electrons. The average Bonchev–Trinajstić information content (AvgIpc) is 2.59. The largest absolute Gasteiger partial charge is 0.396 e. The Labute approximate surface area is 143 Å². The summed E-state index contributed by atoms with van der Waals surface area (Å²) >= 11 is 0. The van der Waals surface area contributed by atoms with Crippen molar-refractivity contribution in [2.75, 3.05) is 39.7 Å². The van der Waals surface area contributed by atoms with Crippen molar-refractivity contribution in [3.05, 3.63) is 29.8 Å². The summed E-state index contributed by atoms with van der Waals surface area (Å²) in [6, 6.07) is 6.00. The minimum Gasteiger partial charge on any atom is -0.396 e. The van der Waals surface area contributed by atoms with Gasteiger partial charge >= 0.3 is 0 Å². The highest BCUT2D eigenvalue weighted by Crippen LogP contribution is 2.33. The Hall–Kier alpha value is -1.44. The van der Waals surface area contributed by atoms with Crippen LogP contribution in [0, 0.1) is 5.41 Å². The van der Waals surface area contributed by atoms with Crippen LogP contribution in [0.1, 0.15) is 29.6 Å². The molecule has 0 spiro atoms. The molecule has 0 unspecified atom stereocenters. The third-order valence-corrected chi connectivity index (χ3v) is 5.78. The number of rotatable bonds is 6. The number of carbonyl (C=O) groups is 1. The summed E-state index contributed by atoms with van der Waals surface area (Å²) in [5, 5.41) is 9.80. The predicted molar refractivity (Wildman–Crippen MR) is 90.7 cm³/mol. The molecule has 1 heterocycles. The molecule has 1 fully saturated rings. The van der Waals surface area contributed by atoms with Crippen LogP contribution in [0.5, 0.6) is 0 Å². The number of aliphatic hydroxyl groups excluding tert-OH is 1. The van der Waals surface area contributed by atoms with Gasteiger partial charge in [0.15, 0.2) is 9.84 Å². The normalized spacial score (nSPS) is 21.7. The lowest BCUT2D eigenvalue weighted by atomic mass is 9.78. The Balaban J connectivity index is 2.14. The van der Waals surface area contributed by atoms with E-state index in [9.17, 15) is 18.3 Å². The maximum absolute atomic E-state index is 12.7. The van der Waals surface area contributed by atoms with E-state index in [4.69, 9.17) is 4.74 Å². The molecular formula is C17H25NO5S. The molecule has 1 atom stereocenters. The van der Waals surface area contributed by atoms with Crippen molar-refractivity contribution in [1.29, 1.82) is 0 Å². The smallest absolute Gasteiger partial charge is 0.253 e. The highest BCUT2D eigenvalue weighted by Gasteiger charge is 2.36. The summed E-state index contributed by atoms with van der Waals surface area (Å²) < 4.78 is 28.1. The fourth-order valence-electron chi connectivity index (χ4n) is 3.14. The summed E-state index contributed by atoms with van der Waals surface area (Å²) in [5.74, 6) is -0.134. The van der Waals surface area contributed by atoms with Crippen molar-refractivity contribution in [1.82, 2.24) is 4.90 Å². The van der Waals surface area contributed by atoms with Gasteiger partial charge in [-0.2, -0.15) is 0 Å². The summed E-state index contributed by atoms with van der Waals surface area (Å²) in [6.45, 7) is 1.69. The average molecular weight is 355 g/mol. The second kappa shape index (κ2) is 7.63. The van der Waals surface area contributed by atoms with Crippen LogP contribution >= 0.6 is 0 Å². The van der Waals surface area contributed by atoms with Gasteiger partial charge in [0, 0.05) is 44.0 Å². The zero-order chi connectivity index (χ0) is 17.8. The molecule has 2 rings (SSSR count). The van der Waals surface area contributed by atoms with Crippen LogP contribution in [0.4, 0.5) is 0 Å². The van der Waals surface area contributed by atoms with Gasteiger partial charge in [-0.1, -0.05) is 0 Å². The SMILES string of the molecule is COCC[C@]1(CO)CCCN(C(=O)c2ccc(S(C)(=O)=O)cc2)C1. The number of carbonyl (C=O) groups excluding carboxylic acids is 1. The van der Waals surface area contributed by atoms with Crippen LogP contribution in [0.25, 0.3) is 0 Å². The molecule has 1 saturated heterocycles. The number of aliphatic hydroxyl groups is 1. The highest BCUT2D eigenvalue weighted by molar-refractivity contribution is 7.90. The topological polar surface area (TPSA) is 83.9 Å². The second-order valence-corrected chi connectivity index (χ2v) is 8.54. The lowest BCUT2D eigenvalue weighted by molar-refractivity contribution is 0.00898. The van der Waals surface area contributed by atoms with Crippen LogP contribution in [-0.4, -0.2) is 64.0 Å². The molecular weight excluding hydrogens is 330 g/mol. The van der Waals surface area contributed by atoms with Crippen molar-refractivity contribution in [3.8, 4) is 0 Å². The van der Waals surface area contributed by atoms with E-state index < -0.39 is 9.84 Å². The number of likely N-dealkylation sites (tertiary alicyclic amines) is 1. The first-order valence-corrected chi connectivity index (χ1v) is 9.90. The number of hydrogen-bond acceptors (Lipinski definition) is 5. The number of methoxy groups -OCH3 is 1. The molecule has 1 aliphatic rings. The van der Waals surface area contributed by atoms with Gasteiger partial charge in [-0.15, -0.1) is 0 Å². The van der Waals surface area contributed by atoms with Gasteiger partial charge in [0.05, 0.1) is 11.5 Å². The first-order valence-electron chi connectivity index (χ1n) is 8.00. The standard InChI is InChI=1S/C17H25NO5S/c1-23-11-9-17(13-19)8-3-10-18(12-17)16(20)14-4-6-15(7-5-14)24(2,21)22/h4-7,19H,3,8-13H2,1-2H3/t17-/m1/s1. The summed E-state index contributed by atoms with van der Waals surface area (Å²) in [7, 11) is -1.65. The quantitative estimate of drug-likeness (QED) is 0.832. The van der Waals surface area contributed by atoms with E-state index in [2.05, 4.69) is 0 Å². The lowest BCUT2D eigenvalue weighted by Crippen LogP contribution is -2.48.